The molecule has 1 aliphatic rings. The second-order valence-corrected chi connectivity index (χ2v) is 9.01. The lowest BCUT2D eigenvalue weighted by Gasteiger charge is -2.20. The topological polar surface area (TPSA) is 37.4 Å². The van der Waals surface area contributed by atoms with Gasteiger partial charge in [0, 0.05) is 29.7 Å². The minimum Gasteiger partial charge on any atom is -0.207 e. The summed E-state index contributed by atoms with van der Waals surface area (Å²) in [4.78, 5) is -0.724. The molecule has 0 aromatic heterocycles. The van der Waals surface area contributed by atoms with E-state index in [1.54, 1.807) is 0 Å². The molecule has 0 spiro atoms. The number of rotatable bonds is 3. The van der Waals surface area contributed by atoms with Crippen molar-refractivity contribution in [3.63, 3.8) is 0 Å². The molecule has 1 fully saturated rings. The minimum absolute atomic E-state index is 0.00803. The maximum atomic E-state index is 14.0. The van der Waals surface area contributed by atoms with Gasteiger partial charge in [-0.1, -0.05) is 0 Å². The second-order valence-electron chi connectivity index (χ2n) is 5.79. The lowest BCUT2D eigenvalue weighted by Crippen LogP contribution is -2.33. The summed E-state index contributed by atoms with van der Waals surface area (Å²) in [6.45, 7) is 0.0578. The Labute approximate surface area is 153 Å². The predicted molar refractivity (Wildman–Crippen MR) is 91.3 cm³/mol. The maximum Gasteiger partial charge on any atom is 0.246 e. The zero-order valence-electron chi connectivity index (χ0n) is 13.5. The normalized spacial score (nSPS) is 19.3. The molecule has 140 valence electrons. The Morgan fingerprint density at radius 2 is 1.58 bits per heavy atom. The van der Waals surface area contributed by atoms with Crippen LogP contribution in [0.2, 0.25) is 0 Å². The number of benzene rings is 2. The highest BCUT2D eigenvalue weighted by atomic mass is 32.2. The second kappa shape index (κ2) is 7.58. The van der Waals surface area contributed by atoms with E-state index < -0.39 is 43.4 Å². The number of sulfonamides is 1. The molecule has 0 amide bonds. The van der Waals surface area contributed by atoms with Crippen LogP contribution in [0.4, 0.5) is 17.6 Å². The monoisotopic (exact) mass is 405 g/mol. The minimum atomic E-state index is -4.23. The van der Waals surface area contributed by atoms with Crippen molar-refractivity contribution in [1.82, 2.24) is 4.31 Å². The van der Waals surface area contributed by atoms with Gasteiger partial charge >= 0.3 is 0 Å². The molecule has 1 saturated heterocycles. The maximum absolute atomic E-state index is 14.0. The fourth-order valence-corrected chi connectivity index (χ4v) is 5.70. The van der Waals surface area contributed by atoms with Crippen molar-refractivity contribution in [1.29, 1.82) is 0 Å². The van der Waals surface area contributed by atoms with Gasteiger partial charge in [-0.05, 0) is 42.8 Å². The third-order valence-electron chi connectivity index (χ3n) is 4.12. The fourth-order valence-electron chi connectivity index (χ4n) is 2.81. The first-order valence-electron chi connectivity index (χ1n) is 7.81. The van der Waals surface area contributed by atoms with E-state index in [4.69, 9.17) is 0 Å². The summed E-state index contributed by atoms with van der Waals surface area (Å²) < 4.78 is 81.0. The van der Waals surface area contributed by atoms with E-state index in [1.165, 1.54) is 11.8 Å². The predicted octanol–water partition coefficient (Wildman–Crippen LogP) is 4.11. The van der Waals surface area contributed by atoms with Crippen LogP contribution in [0.1, 0.15) is 17.2 Å². The van der Waals surface area contributed by atoms with Crippen LogP contribution < -0.4 is 0 Å². The van der Waals surface area contributed by atoms with Crippen molar-refractivity contribution in [2.45, 2.75) is 16.6 Å². The van der Waals surface area contributed by atoms with Crippen molar-refractivity contribution in [2.75, 3.05) is 18.8 Å². The van der Waals surface area contributed by atoms with Crippen LogP contribution in [-0.2, 0) is 10.0 Å². The lowest BCUT2D eigenvalue weighted by molar-refractivity contribution is 0.421. The summed E-state index contributed by atoms with van der Waals surface area (Å²) in [5.41, 5.74) is 0.172. The SMILES string of the molecule is O=S(=O)(c1cc(F)ccc1F)N1CCSC(c2cc(F)ccc2F)CC1. The third kappa shape index (κ3) is 3.89. The number of hydrogen-bond donors (Lipinski definition) is 0. The van der Waals surface area contributed by atoms with Gasteiger partial charge in [-0.15, -0.1) is 0 Å². The van der Waals surface area contributed by atoms with Crippen molar-refractivity contribution in [3.05, 3.63) is 65.2 Å². The Balaban J connectivity index is 1.84. The average molecular weight is 405 g/mol. The molecule has 1 atom stereocenters. The summed E-state index contributed by atoms with van der Waals surface area (Å²) in [6, 6.07) is 5.40. The van der Waals surface area contributed by atoms with Gasteiger partial charge in [-0.2, -0.15) is 16.1 Å². The Morgan fingerprint density at radius 3 is 2.31 bits per heavy atom. The molecular weight excluding hydrogens is 390 g/mol. The molecule has 2 aromatic carbocycles. The van der Waals surface area contributed by atoms with Gasteiger partial charge in [0.25, 0.3) is 0 Å². The van der Waals surface area contributed by atoms with Crippen LogP contribution in [0.3, 0.4) is 0 Å². The van der Waals surface area contributed by atoms with Crippen LogP contribution in [0.5, 0.6) is 0 Å². The summed E-state index contributed by atoms with van der Waals surface area (Å²) in [7, 11) is -4.23. The van der Waals surface area contributed by atoms with Gasteiger partial charge in [-0.3, -0.25) is 0 Å². The van der Waals surface area contributed by atoms with Gasteiger partial charge in [0.1, 0.15) is 28.2 Å². The number of nitrogens with zero attached hydrogens (tertiary/aromatic N) is 1. The van der Waals surface area contributed by atoms with E-state index in [2.05, 4.69) is 0 Å². The van der Waals surface area contributed by atoms with E-state index in [1.807, 2.05) is 0 Å². The van der Waals surface area contributed by atoms with Crippen molar-refractivity contribution >= 4 is 21.8 Å². The molecule has 1 aliphatic heterocycles. The van der Waals surface area contributed by atoms with E-state index in [9.17, 15) is 26.0 Å². The van der Waals surface area contributed by atoms with E-state index in [0.29, 0.717) is 11.8 Å². The molecule has 3 nitrogen and oxygen atoms in total. The Bertz CT molecular complexity index is 921. The Hall–Kier alpha value is -1.58. The van der Waals surface area contributed by atoms with Gasteiger partial charge in [0.05, 0.1) is 0 Å². The Kier molecular flexibility index (Phi) is 5.59. The summed E-state index contributed by atoms with van der Waals surface area (Å²) in [5.74, 6) is -2.70. The van der Waals surface area contributed by atoms with Crippen LogP contribution >= 0.6 is 11.8 Å². The summed E-state index contributed by atoms with van der Waals surface area (Å²) in [5, 5.41) is -0.428. The van der Waals surface area contributed by atoms with Crippen molar-refractivity contribution in [2.24, 2.45) is 0 Å². The number of thioether (sulfide) groups is 1. The zero-order valence-corrected chi connectivity index (χ0v) is 15.1. The number of halogens is 4. The van der Waals surface area contributed by atoms with Crippen LogP contribution in [-0.4, -0.2) is 31.6 Å². The molecule has 3 rings (SSSR count). The molecule has 0 radical (unpaired) electrons. The Morgan fingerprint density at radius 1 is 0.923 bits per heavy atom. The first-order valence-corrected chi connectivity index (χ1v) is 10.3. The largest absolute Gasteiger partial charge is 0.246 e. The third-order valence-corrected chi connectivity index (χ3v) is 7.34. The first-order chi connectivity index (χ1) is 12.3. The first kappa shape index (κ1) is 19.2. The van der Waals surface area contributed by atoms with E-state index in [-0.39, 0.29) is 25.1 Å². The summed E-state index contributed by atoms with van der Waals surface area (Å²) in [6.07, 6.45) is 0.223. The smallest absolute Gasteiger partial charge is 0.207 e. The fraction of sp³-hybridized carbons (Fsp3) is 0.294. The van der Waals surface area contributed by atoms with E-state index >= 15 is 0 Å². The van der Waals surface area contributed by atoms with Crippen LogP contribution in [0.15, 0.2) is 41.3 Å². The standard InChI is InChI=1S/C17H15F4NO2S2/c18-11-1-3-14(20)13(9-11)16-5-6-22(7-8-25-16)26(23,24)17-10-12(19)2-4-15(17)21/h1-4,9-10,16H,5-8H2. The molecule has 1 heterocycles. The van der Waals surface area contributed by atoms with Crippen molar-refractivity contribution in [3.8, 4) is 0 Å². The van der Waals surface area contributed by atoms with Gasteiger partial charge in [0.15, 0.2) is 0 Å². The molecule has 9 heteroatoms. The zero-order chi connectivity index (χ0) is 18.9. The molecule has 1 unspecified atom stereocenters. The van der Waals surface area contributed by atoms with Crippen LogP contribution in [0.25, 0.3) is 0 Å². The summed E-state index contributed by atoms with van der Waals surface area (Å²) >= 11 is 1.30. The number of hydrogen-bond acceptors (Lipinski definition) is 3. The quantitative estimate of drug-likeness (QED) is 0.722. The van der Waals surface area contributed by atoms with E-state index in [0.717, 1.165) is 34.6 Å². The lowest BCUT2D eigenvalue weighted by atomic mass is 10.1. The molecule has 0 aliphatic carbocycles. The molecule has 0 N–H and O–H groups in total. The molecule has 26 heavy (non-hydrogen) atoms. The van der Waals surface area contributed by atoms with Crippen molar-refractivity contribution < 1.29 is 26.0 Å². The highest BCUT2D eigenvalue weighted by molar-refractivity contribution is 7.99. The van der Waals surface area contributed by atoms with Gasteiger partial charge in [0.2, 0.25) is 10.0 Å². The molecule has 0 bridgehead atoms. The van der Waals surface area contributed by atoms with Crippen LogP contribution in [0, 0.1) is 23.3 Å². The van der Waals surface area contributed by atoms with Gasteiger partial charge in [-0.25, -0.2) is 26.0 Å². The molecule has 2 aromatic rings. The molecular formula is C17H15F4NO2S2. The highest BCUT2D eigenvalue weighted by Crippen LogP contribution is 2.37. The highest BCUT2D eigenvalue weighted by Gasteiger charge is 2.31. The molecule has 0 saturated carbocycles. The average Bonchev–Trinajstić information content (AvgIpc) is 2.85. The van der Waals surface area contributed by atoms with Gasteiger partial charge < -0.3 is 0 Å².